The Hall–Kier alpha value is -3.45. The molecule has 0 spiro atoms. The predicted molar refractivity (Wildman–Crippen MR) is 140 cm³/mol. The minimum atomic E-state index is -4.82. The third kappa shape index (κ3) is 6.09. The highest BCUT2D eigenvalue weighted by atomic mass is 32.2. The van der Waals surface area contributed by atoms with E-state index in [1.807, 2.05) is 30.1 Å². The lowest BCUT2D eigenvalue weighted by molar-refractivity contribution is -0.274. The maximum absolute atomic E-state index is 12.7. The van der Waals surface area contributed by atoms with Crippen LogP contribution >= 0.6 is 0 Å². The van der Waals surface area contributed by atoms with Gasteiger partial charge in [0, 0.05) is 55.2 Å². The number of fused-ring (bicyclic) bond motifs is 1. The first-order valence-corrected chi connectivity index (χ1v) is 14.3. The van der Waals surface area contributed by atoms with Crippen LogP contribution in [-0.2, 0) is 23.3 Å². The van der Waals surface area contributed by atoms with Crippen LogP contribution < -0.4 is 4.74 Å². The largest absolute Gasteiger partial charge is 0.573 e. The molecular formula is C26H29F3N6O3S. The molecule has 0 saturated carbocycles. The quantitative estimate of drug-likeness (QED) is 0.334. The Balaban J connectivity index is 1.47. The SMILES string of the molecule is Cn1cc(-n2cc(CCC(C)(C)N3CCS(=O)(=O)CC3)c3ccc(-c4cncc(OC(F)(F)F)c4)nc32)cn1. The number of alkyl halides is 3. The summed E-state index contributed by atoms with van der Waals surface area (Å²) in [5.41, 5.74) is 3.12. The van der Waals surface area contributed by atoms with E-state index in [2.05, 4.69) is 33.6 Å². The molecule has 1 aliphatic heterocycles. The van der Waals surface area contributed by atoms with E-state index in [9.17, 15) is 21.6 Å². The number of aryl methyl sites for hydroxylation is 2. The number of sulfone groups is 1. The molecule has 39 heavy (non-hydrogen) atoms. The van der Waals surface area contributed by atoms with Crippen molar-refractivity contribution in [3.05, 3.63) is 54.7 Å². The van der Waals surface area contributed by atoms with Gasteiger partial charge in [0.25, 0.3) is 0 Å². The second kappa shape index (κ2) is 9.94. The van der Waals surface area contributed by atoms with E-state index in [-0.39, 0.29) is 17.0 Å². The molecular weight excluding hydrogens is 533 g/mol. The molecule has 5 heterocycles. The molecule has 0 bridgehead atoms. The number of pyridine rings is 2. The van der Waals surface area contributed by atoms with E-state index in [0.717, 1.165) is 35.7 Å². The van der Waals surface area contributed by atoms with Crippen molar-refractivity contribution >= 4 is 20.9 Å². The van der Waals surface area contributed by atoms with Crippen molar-refractivity contribution in [1.82, 2.24) is 29.2 Å². The normalized spacial score (nSPS) is 16.6. The molecule has 0 N–H and O–H groups in total. The maximum Gasteiger partial charge on any atom is 0.573 e. The summed E-state index contributed by atoms with van der Waals surface area (Å²) in [7, 11) is -1.15. The molecule has 1 aliphatic rings. The van der Waals surface area contributed by atoms with E-state index in [4.69, 9.17) is 4.98 Å². The van der Waals surface area contributed by atoms with Gasteiger partial charge in [-0.15, -0.1) is 13.2 Å². The van der Waals surface area contributed by atoms with Gasteiger partial charge in [-0.25, -0.2) is 13.4 Å². The minimum absolute atomic E-state index is 0.174. The zero-order valence-corrected chi connectivity index (χ0v) is 22.6. The first-order chi connectivity index (χ1) is 18.3. The molecule has 1 fully saturated rings. The lowest BCUT2D eigenvalue weighted by Gasteiger charge is -2.41. The van der Waals surface area contributed by atoms with Gasteiger partial charge < -0.3 is 4.74 Å². The van der Waals surface area contributed by atoms with Crippen molar-refractivity contribution in [2.75, 3.05) is 24.6 Å². The third-order valence-corrected chi connectivity index (χ3v) is 8.76. The van der Waals surface area contributed by atoms with Crippen LogP contribution in [0.1, 0.15) is 25.8 Å². The number of hydrogen-bond acceptors (Lipinski definition) is 7. The Morgan fingerprint density at radius 3 is 2.46 bits per heavy atom. The van der Waals surface area contributed by atoms with Crippen molar-refractivity contribution in [3.63, 3.8) is 0 Å². The Morgan fingerprint density at radius 1 is 1.05 bits per heavy atom. The fourth-order valence-corrected chi connectivity index (χ4v) is 6.12. The number of halogens is 3. The third-order valence-electron chi connectivity index (χ3n) is 7.15. The number of rotatable bonds is 7. The van der Waals surface area contributed by atoms with Gasteiger partial charge in [0.1, 0.15) is 11.4 Å². The second-order valence-electron chi connectivity index (χ2n) is 10.4. The Kier molecular flexibility index (Phi) is 6.91. The summed E-state index contributed by atoms with van der Waals surface area (Å²) in [6.45, 7) is 5.29. The molecule has 0 amide bonds. The molecule has 13 heteroatoms. The average Bonchev–Trinajstić information content (AvgIpc) is 3.44. The lowest BCUT2D eigenvalue weighted by Crippen LogP contribution is -2.51. The van der Waals surface area contributed by atoms with Gasteiger partial charge in [0.2, 0.25) is 0 Å². The number of aromatic nitrogens is 5. The summed E-state index contributed by atoms with van der Waals surface area (Å²) < 4.78 is 69.6. The summed E-state index contributed by atoms with van der Waals surface area (Å²) in [6.07, 6.45) is 4.72. The molecule has 0 radical (unpaired) electrons. The van der Waals surface area contributed by atoms with Crippen LogP contribution in [0.25, 0.3) is 28.0 Å². The molecule has 0 unspecified atom stereocenters. The maximum atomic E-state index is 12.7. The summed E-state index contributed by atoms with van der Waals surface area (Å²) in [4.78, 5) is 10.9. The van der Waals surface area contributed by atoms with E-state index in [1.54, 1.807) is 16.9 Å². The van der Waals surface area contributed by atoms with Crippen molar-refractivity contribution in [2.24, 2.45) is 7.05 Å². The summed E-state index contributed by atoms with van der Waals surface area (Å²) in [6, 6.07) is 4.93. The van der Waals surface area contributed by atoms with Gasteiger partial charge in [-0.2, -0.15) is 5.10 Å². The smallest absolute Gasteiger partial charge is 0.404 e. The standard InChI is InChI=1S/C26H29F3N6O3S/c1-25(2,34-8-10-39(36,37)11-9-34)7-6-18-16-35(20-14-31-33(3)17-20)24-22(18)4-5-23(32-24)19-12-21(15-30-13-19)38-26(27,28)29/h4-5,12-17H,6-11H2,1-3H3. The molecule has 0 atom stereocenters. The summed E-state index contributed by atoms with van der Waals surface area (Å²) in [5, 5.41) is 5.18. The minimum Gasteiger partial charge on any atom is -0.404 e. The molecule has 0 aromatic carbocycles. The Morgan fingerprint density at radius 2 is 1.79 bits per heavy atom. The van der Waals surface area contributed by atoms with E-state index in [1.165, 1.54) is 12.3 Å². The van der Waals surface area contributed by atoms with Gasteiger partial charge in [0.05, 0.1) is 35.3 Å². The van der Waals surface area contributed by atoms with Gasteiger partial charge in [0.15, 0.2) is 9.84 Å². The lowest BCUT2D eigenvalue weighted by atomic mass is 9.93. The number of ether oxygens (including phenoxy) is 1. The van der Waals surface area contributed by atoms with E-state index < -0.39 is 21.9 Å². The van der Waals surface area contributed by atoms with Crippen LogP contribution in [0.4, 0.5) is 13.2 Å². The Bertz CT molecular complexity index is 1600. The molecule has 5 rings (SSSR count). The monoisotopic (exact) mass is 562 g/mol. The van der Waals surface area contributed by atoms with Crippen LogP contribution in [0.5, 0.6) is 5.75 Å². The highest BCUT2D eigenvalue weighted by molar-refractivity contribution is 7.91. The molecule has 1 saturated heterocycles. The fourth-order valence-electron chi connectivity index (χ4n) is 4.92. The zero-order chi connectivity index (χ0) is 28.0. The number of hydrogen-bond donors (Lipinski definition) is 0. The van der Waals surface area contributed by atoms with Crippen molar-refractivity contribution in [2.45, 2.75) is 38.6 Å². The summed E-state index contributed by atoms with van der Waals surface area (Å²) >= 11 is 0. The van der Waals surface area contributed by atoms with Gasteiger partial charge >= 0.3 is 6.36 Å². The zero-order valence-electron chi connectivity index (χ0n) is 21.8. The molecule has 9 nitrogen and oxygen atoms in total. The molecule has 0 aliphatic carbocycles. The van der Waals surface area contributed by atoms with Crippen molar-refractivity contribution in [1.29, 1.82) is 0 Å². The molecule has 208 valence electrons. The van der Waals surface area contributed by atoms with Gasteiger partial charge in [-0.05, 0) is 50.5 Å². The Labute approximate surface area is 224 Å². The van der Waals surface area contributed by atoms with Crippen molar-refractivity contribution in [3.8, 4) is 22.7 Å². The van der Waals surface area contributed by atoms with E-state index in [0.29, 0.717) is 30.0 Å². The van der Waals surface area contributed by atoms with Crippen molar-refractivity contribution < 1.29 is 26.3 Å². The van der Waals surface area contributed by atoms with Crippen LogP contribution in [0.3, 0.4) is 0 Å². The van der Waals surface area contributed by atoms with Gasteiger partial charge in [-0.1, -0.05) is 0 Å². The van der Waals surface area contributed by atoms with Crippen LogP contribution in [-0.4, -0.2) is 74.1 Å². The molecule has 4 aromatic rings. The average molecular weight is 563 g/mol. The first-order valence-electron chi connectivity index (χ1n) is 12.5. The number of nitrogens with zero attached hydrogens (tertiary/aromatic N) is 6. The van der Waals surface area contributed by atoms with Crippen LogP contribution in [0, 0.1) is 0 Å². The highest BCUT2D eigenvalue weighted by Crippen LogP contribution is 2.32. The van der Waals surface area contributed by atoms with E-state index >= 15 is 0 Å². The van der Waals surface area contributed by atoms with Gasteiger partial charge in [-0.3, -0.25) is 19.1 Å². The summed E-state index contributed by atoms with van der Waals surface area (Å²) in [5.74, 6) is -0.0703. The topological polar surface area (TPSA) is 95.1 Å². The first kappa shape index (κ1) is 27.1. The highest BCUT2D eigenvalue weighted by Gasteiger charge is 2.33. The fraction of sp³-hybridized carbons (Fsp3) is 0.423. The van der Waals surface area contributed by atoms with Crippen LogP contribution in [0.2, 0.25) is 0 Å². The predicted octanol–water partition coefficient (Wildman–Crippen LogP) is 4.16. The molecule has 4 aromatic heterocycles. The second-order valence-corrected chi connectivity index (χ2v) is 12.7. The van der Waals surface area contributed by atoms with Crippen LogP contribution in [0.15, 0.2) is 49.2 Å².